The fraction of sp³-hybridized carbons (Fsp3) is 0.500. The highest BCUT2D eigenvalue weighted by Crippen LogP contribution is 2.44. The molecule has 0 aliphatic carbocycles. The number of rotatable bonds is 7. The second-order valence-corrected chi connectivity index (χ2v) is 7.87. The Morgan fingerprint density at radius 2 is 2.00 bits per heavy atom. The third-order valence-corrected chi connectivity index (χ3v) is 5.61. The van der Waals surface area contributed by atoms with Crippen LogP contribution in [0.2, 0.25) is 0 Å². The predicted octanol–water partition coefficient (Wildman–Crippen LogP) is -1.03. The molecule has 5 atom stereocenters. The van der Waals surface area contributed by atoms with E-state index in [9.17, 15) is 34.8 Å². The first-order chi connectivity index (χ1) is 15.0. The Bertz CT molecular complexity index is 1040. The predicted molar refractivity (Wildman–Crippen MR) is 109 cm³/mol. The van der Waals surface area contributed by atoms with Crippen LogP contribution in [0.4, 0.5) is 10.2 Å². The molecule has 12 heteroatoms. The number of halogens is 1. The Balaban J connectivity index is 2.16. The average Bonchev–Trinajstić information content (AvgIpc) is 2.93. The Morgan fingerprint density at radius 3 is 2.59 bits per heavy atom. The number of nitrogen functional groups attached to an aromatic ring is 1. The van der Waals surface area contributed by atoms with E-state index in [1.54, 1.807) is 31.2 Å². The molecule has 0 amide bonds. The summed E-state index contributed by atoms with van der Waals surface area (Å²) in [4.78, 5) is 16.1. The van der Waals surface area contributed by atoms with Crippen molar-refractivity contribution in [1.29, 1.82) is 0 Å². The van der Waals surface area contributed by atoms with Crippen molar-refractivity contribution in [3.8, 4) is 0 Å². The molecule has 3 rings (SSSR count). The van der Waals surface area contributed by atoms with Crippen LogP contribution in [0, 0.1) is 6.92 Å². The lowest BCUT2D eigenvalue weighted by atomic mass is 9.99. The molecule has 0 radical (unpaired) electrons. The second kappa shape index (κ2) is 8.83. The van der Waals surface area contributed by atoms with Crippen molar-refractivity contribution < 1.29 is 34.8 Å². The molecule has 7 N–H and O–H groups in total. The molecule has 1 unspecified atom stereocenters. The van der Waals surface area contributed by atoms with E-state index in [0.717, 1.165) is 11.8 Å². The van der Waals surface area contributed by atoms with Gasteiger partial charge in [-0.15, -0.1) is 5.06 Å². The molecule has 1 aromatic carbocycles. The van der Waals surface area contributed by atoms with Crippen molar-refractivity contribution in [2.24, 2.45) is 0 Å². The summed E-state index contributed by atoms with van der Waals surface area (Å²) in [5.74, 6) is -3.69. The van der Waals surface area contributed by atoms with E-state index in [1.807, 2.05) is 0 Å². The van der Waals surface area contributed by atoms with Gasteiger partial charge in [0.25, 0.3) is 0 Å². The number of ether oxygens (including phenoxy) is 1. The Labute approximate surface area is 182 Å². The van der Waals surface area contributed by atoms with Crippen LogP contribution in [0.3, 0.4) is 0 Å². The van der Waals surface area contributed by atoms with Gasteiger partial charge in [-0.1, -0.05) is 24.3 Å². The Hall–Kier alpha value is -2.45. The number of benzene rings is 1. The van der Waals surface area contributed by atoms with E-state index in [4.69, 9.17) is 10.5 Å². The highest BCUT2D eigenvalue weighted by molar-refractivity contribution is 5.40. The Morgan fingerprint density at radius 1 is 1.34 bits per heavy atom. The van der Waals surface area contributed by atoms with Crippen molar-refractivity contribution in [1.82, 2.24) is 14.6 Å². The number of aliphatic hydroxyl groups excluding tert-OH is 2. The monoisotopic (exact) mass is 454 g/mol. The van der Waals surface area contributed by atoms with Crippen LogP contribution in [0.1, 0.15) is 23.6 Å². The van der Waals surface area contributed by atoms with Gasteiger partial charge in [0.15, 0.2) is 0 Å². The maximum absolute atomic E-state index is 13.6. The number of nitrogens with two attached hydrogens (primary N) is 1. The topological polar surface area (TPSA) is 175 Å². The number of nitrogens with zero attached hydrogens (tertiary/aromatic N) is 3. The van der Waals surface area contributed by atoms with Crippen LogP contribution in [-0.4, -0.2) is 71.0 Å². The molecular weight excluding hydrogens is 427 g/mol. The summed E-state index contributed by atoms with van der Waals surface area (Å²) in [7, 11) is 0. The maximum Gasteiger partial charge on any atom is 0.353 e. The minimum atomic E-state index is -3.19. The summed E-state index contributed by atoms with van der Waals surface area (Å²) < 4.78 is 19.2. The van der Waals surface area contributed by atoms with Gasteiger partial charge in [-0.05, 0) is 25.0 Å². The standard InChI is InChI=1S/C20H27FN4O7/c1-11-5-3-4-6-13(11)9-24(31)19(29)16(27)15(10-26)32-20(19,30)25-17(22)14(7-12(2)21)8-23-18(25)28/h3-6,8,12,15-16,26-27,29-31H,7,9-10,22H2,1-2H3/t12?,15-,16-,19-,20+/m1/s1. The van der Waals surface area contributed by atoms with Gasteiger partial charge in [0.2, 0.25) is 5.72 Å². The zero-order valence-corrected chi connectivity index (χ0v) is 17.6. The zero-order valence-electron chi connectivity index (χ0n) is 17.6. The average molecular weight is 454 g/mol. The van der Waals surface area contributed by atoms with Crippen molar-refractivity contribution in [2.45, 2.75) is 56.8 Å². The number of anilines is 1. The van der Waals surface area contributed by atoms with Gasteiger partial charge in [0.1, 0.15) is 24.2 Å². The van der Waals surface area contributed by atoms with E-state index < -0.39 is 54.7 Å². The van der Waals surface area contributed by atoms with Gasteiger partial charge in [-0.3, -0.25) is 0 Å². The summed E-state index contributed by atoms with van der Waals surface area (Å²) in [6.45, 7) is 1.70. The summed E-state index contributed by atoms with van der Waals surface area (Å²) in [6.07, 6.45) is -4.35. The van der Waals surface area contributed by atoms with E-state index in [-0.39, 0.29) is 17.0 Å². The Kier molecular flexibility index (Phi) is 6.67. The molecule has 1 aliphatic rings. The lowest BCUT2D eigenvalue weighted by molar-refractivity contribution is -0.413. The molecule has 0 bridgehead atoms. The first-order valence-electron chi connectivity index (χ1n) is 9.90. The van der Waals surface area contributed by atoms with Crippen molar-refractivity contribution in [2.75, 3.05) is 12.3 Å². The first kappa shape index (κ1) is 24.2. The minimum absolute atomic E-state index is 0.0179. The molecular formula is C20H27FN4O7. The molecule has 2 aromatic rings. The van der Waals surface area contributed by atoms with Gasteiger partial charge >= 0.3 is 11.6 Å². The lowest BCUT2D eigenvalue weighted by Crippen LogP contribution is -2.68. The first-order valence-corrected chi connectivity index (χ1v) is 9.90. The van der Waals surface area contributed by atoms with Crippen LogP contribution in [0.25, 0.3) is 0 Å². The summed E-state index contributed by atoms with van der Waals surface area (Å²) in [5, 5.41) is 54.1. The summed E-state index contributed by atoms with van der Waals surface area (Å²) in [5.41, 5.74) is 2.97. The van der Waals surface area contributed by atoms with Gasteiger partial charge in [0, 0.05) is 18.2 Å². The zero-order chi connectivity index (χ0) is 23.8. The molecule has 0 saturated carbocycles. The van der Waals surface area contributed by atoms with E-state index in [2.05, 4.69) is 4.98 Å². The van der Waals surface area contributed by atoms with Crippen LogP contribution in [0.15, 0.2) is 35.3 Å². The molecule has 0 spiro atoms. The van der Waals surface area contributed by atoms with E-state index in [1.165, 1.54) is 6.92 Å². The molecule has 176 valence electrons. The number of aliphatic hydroxyl groups is 4. The molecule has 1 fully saturated rings. The van der Waals surface area contributed by atoms with Crippen LogP contribution < -0.4 is 11.4 Å². The van der Waals surface area contributed by atoms with Crippen LogP contribution >= 0.6 is 0 Å². The highest BCUT2D eigenvalue weighted by atomic mass is 19.1. The number of aryl methyl sites for hydroxylation is 1. The number of hydrogen-bond donors (Lipinski definition) is 6. The summed E-state index contributed by atoms with van der Waals surface area (Å²) in [6, 6.07) is 6.81. The number of alkyl halides is 1. The summed E-state index contributed by atoms with van der Waals surface area (Å²) >= 11 is 0. The highest BCUT2D eigenvalue weighted by Gasteiger charge is 2.70. The molecule has 32 heavy (non-hydrogen) atoms. The third kappa shape index (κ3) is 3.79. The largest absolute Gasteiger partial charge is 0.394 e. The molecule has 2 heterocycles. The van der Waals surface area contributed by atoms with Crippen LogP contribution in [0.5, 0.6) is 0 Å². The van der Waals surface area contributed by atoms with Crippen LogP contribution in [-0.2, 0) is 23.6 Å². The molecule has 1 saturated heterocycles. The van der Waals surface area contributed by atoms with Crippen molar-refractivity contribution in [3.05, 3.63) is 57.6 Å². The maximum atomic E-state index is 13.6. The quantitative estimate of drug-likeness (QED) is 0.224. The third-order valence-electron chi connectivity index (χ3n) is 5.61. The van der Waals surface area contributed by atoms with E-state index >= 15 is 0 Å². The molecule has 11 nitrogen and oxygen atoms in total. The van der Waals surface area contributed by atoms with Crippen molar-refractivity contribution in [3.63, 3.8) is 0 Å². The van der Waals surface area contributed by atoms with Gasteiger partial charge in [0.05, 0.1) is 13.2 Å². The number of hydroxylamine groups is 2. The fourth-order valence-corrected chi connectivity index (χ4v) is 3.82. The fourth-order valence-electron chi connectivity index (χ4n) is 3.82. The molecule has 1 aliphatic heterocycles. The van der Waals surface area contributed by atoms with Gasteiger partial charge in [-0.2, -0.15) is 0 Å². The van der Waals surface area contributed by atoms with Gasteiger partial charge < -0.3 is 36.1 Å². The SMILES string of the molecule is Cc1ccccc1CN(O)[C@@]1(O)[C@H](O)[C@@H](CO)O[C@]1(O)n1c(N)c(CC(C)F)cnc1=O. The normalized spacial score (nSPS) is 28.9. The minimum Gasteiger partial charge on any atom is -0.394 e. The number of aromatic nitrogens is 2. The molecule has 1 aromatic heterocycles. The second-order valence-electron chi connectivity index (χ2n) is 7.87. The van der Waals surface area contributed by atoms with Gasteiger partial charge in [-0.25, -0.2) is 18.7 Å². The lowest BCUT2D eigenvalue weighted by Gasteiger charge is -2.42. The smallest absolute Gasteiger partial charge is 0.353 e. The van der Waals surface area contributed by atoms with Crippen molar-refractivity contribution >= 4 is 5.82 Å². The van der Waals surface area contributed by atoms with E-state index in [0.29, 0.717) is 10.1 Å². The number of hydrogen-bond acceptors (Lipinski definition) is 10.